The molecule has 3 aromatic heterocycles. The fraction of sp³-hybridized carbons (Fsp3) is 0.438. The molecule has 0 bridgehead atoms. The quantitative estimate of drug-likeness (QED) is 0.567. The smallest absolute Gasteiger partial charge is 0.231 e. The Morgan fingerprint density at radius 3 is 3.00 bits per heavy atom. The van der Waals surface area contributed by atoms with Crippen molar-refractivity contribution < 1.29 is 4.39 Å². The van der Waals surface area contributed by atoms with Gasteiger partial charge in [-0.05, 0) is 20.3 Å². The van der Waals surface area contributed by atoms with Crippen molar-refractivity contribution in [3.05, 3.63) is 24.4 Å². The van der Waals surface area contributed by atoms with Gasteiger partial charge in [0.05, 0.1) is 17.3 Å². The number of aromatic nitrogens is 5. The number of nitrogens with one attached hydrogen (secondary N) is 4. The second-order valence-corrected chi connectivity index (χ2v) is 6.35. The van der Waals surface area contributed by atoms with E-state index in [-0.39, 0.29) is 11.9 Å². The van der Waals surface area contributed by atoms with E-state index in [4.69, 9.17) is 0 Å². The van der Waals surface area contributed by atoms with E-state index < -0.39 is 0 Å². The lowest BCUT2D eigenvalue weighted by atomic mass is 10.2. The standard InChI is InChI=1S/C16H21FN8/c1-3-25-8-11(6-20-25)22-16-23-14-13(12(17)7-19-14)15(24-16)21-10-4-9(2)18-5-10/h6-10,18H,3-5H2,1-2H3,(H3,19,21,22,23,24)/t9-,10+/m0/s1. The maximum absolute atomic E-state index is 14.2. The van der Waals surface area contributed by atoms with Crippen LogP contribution < -0.4 is 16.0 Å². The molecule has 8 nitrogen and oxygen atoms in total. The van der Waals surface area contributed by atoms with E-state index in [2.05, 4.69) is 42.9 Å². The van der Waals surface area contributed by atoms with Crippen LogP contribution in [0.2, 0.25) is 0 Å². The van der Waals surface area contributed by atoms with Crippen LogP contribution in [0.1, 0.15) is 20.3 Å². The Morgan fingerprint density at radius 1 is 1.40 bits per heavy atom. The average molecular weight is 344 g/mol. The van der Waals surface area contributed by atoms with Gasteiger partial charge in [0.1, 0.15) is 11.5 Å². The first kappa shape index (κ1) is 15.8. The molecule has 0 amide bonds. The third-order valence-corrected chi connectivity index (χ3v) is 4.39. The van der Waals surface area contributed by atoms with Crippen molar-refractivity contribution in [1.82, 2.24) is 30.0 Å². The largest absolute Gasteiger partial charge is 0.365 e. The molecule has 25 heavy (non-hydrogen) atoms. The highest BCUT2D eigenvalue weighted by molar-refractivity contribution is 5.89. The zero-order chi connectivity index (χ0) is 17.4. The Hall–Kier alpha value is -2.68. The van der Waals surface area contributed by atoms with Crippen LogP contribution in [0.15, 0.2) is 18.6 Å². The molecule has 1 aliphatic rings. The first-order valence-corrected chi connectivity index (χ1v) is 8.46. The molecule has 4 heterocycles. The minimum Gasteiger partial charge on any atom is -0.365 e. The first-order valence-electron chi connectivity index (χ1n) is 8.46. The molecule has 0 spiro atoms. The Kier molecular flexibility index (Phi) is 4.00. The molecular formula is C16H21FN8. The molecule has 2 atom stereocenters. The molecule has 1 fully saturated rings. The summed E-state index contributed by atoms with van der Waals surface area (Å²) in [6.07, 6.45) is 5.85. The number of aryl methyl sites for hydroxylation is 1. The monoisotopic (exact) mass is 344 g/mol. The van der Waals surface area contributed by atoms with Gasteiger partial charge in [0.25, 0.3) is 0 Å². The third-order valence-electron chi connectivity index (χ3n) is 4.39. The number of hydrogen-bond donors (Lipinski definition) is 4. The fourth-order valence-corrected chi connectivity index (χ4v) is 3.13. The number of hydrogen-bond acceptors (Lipinski definition) is 6. The van der Waals surface area contributed by atoms with E-state index >= 15 is 0 Å². The second-order valence-electron chi connectivity index (χ2n) is 6.35. The van der Waals surface area contributed by atoms with E-state index in [1.165, 1.54) is 6.20 Å². The van der Waals surface area contributed by atoms with Crippen LogP contribution in [-0.2, 0) is 6.54 Å². The van der Waals surface area contributed by atoms with Crippen molar-refractivity contribution in [2.24, 2.45) is 0 Å². The summed E-state index contributed by atoms with van der Waals surface area (Å²) in [5.74, 6) is 0.531. The molecular weight excluding hydrogens is 323 g/mol. The van der Waals surface area contributed by atoms with Crippen LogP contribution in [-0.4, -0.2) is 43.4 Å². The van der Waals surface area contributed by atoms with Crippen LogP contribution in [0.4, 0.5) is 21.8 Å². The zero-order valence-electron chi connectivity index (χ0n) is 14.2. The lowest BCUT2D eigenvalue weighted by Gasteiger charge is -2.14. The van der Waals surface area contributed by atoms with Crippen molar-refractivity contribution in [1.29, 1.82) is 0 Å². The maximum atomic E-state index is 14.2. The van der Waals surface area contributed by atoms with Crippen molar-refractivity contribution in [2.75, 3.05) is 17.2 Å². The average Bonchev–Trinajstić information content (AvgIpc) is 3.29. The van der Waals surface area contributed by atoms with Gasteiger partial charge in [0.15, 0.2) is 5.82 Å². The topological polar surface area (TPSA) is 95.5 Å². The highest BCUT2D eigenvalue weighted by Gasteiger charge is 2.23. The summed E-state index contributed by atoms with van der Waals surface area (Å²) < 4.78 is 16.0. The first-order chi connectivity index (χ1) is 12.1. The molecule has 1 aliphatic heterocycles. The van der Waals surface area contributed by atoms with Gasteiger partial charge in [-0.1, -0.05) is 0 Å². The van der Waals surface area contributed by atoms with Gasteiger partial charge in [-0.3, -0.25) is 4.68 Å². The Morgan fingerprint density at radius 2 is 2.28 bits per heavy atom. The number of halogens is 1. The fourth-order valence-electron chi connectivity index (χ4n) is 3.13. The Bertz CT molecular complexity index is 886. The van der Waals surface area contributed by atoms with Gasteiger partial charge < -0.3 is 20.9 Å². The van der Waals surface area contributed by atoms with E-state index in [1.54, 1.807) is 10.9 Å². The highest BCUT2D eigenvalue weighted by atomic mass is 19.1. The van der Waals surface area contributed by atoms with Gasteiger partial charge in [-0.25, -0.2) is 4.39 Å². The van der Waals surface area contributed by atoms with E-state index in [0.29, 0.717) is 28.8 Å². The Labute approximate surface area is 144 Å². The molecule has 0 radical (unpaired) electrons. The summed E-state index contributed by atoms with van der Waals surface area (Å²) in [7, 11) is 0. The predicted octanol–water partition coefficient (Wildman–Crippen LogP) is 2.22. The molecule has 0 aliphatic carbocycles. The minimum absolute atomic E-state index is 0.207. The second kappa shape index (κ2) is 6.32. The van der Waals surface area contributed by atoms with Gasteiger partial charge >= 0.3 is 0 Å². The van der Waals surface area contributed by atoms with E-state index in [0.717, 1.165) is 25.2 Å². The normalized spacial score (nSPS) is 20.3. The SMILES string of the molecule is CCn1cc(Nc2nc(N[C@H]3CN[C@@H](C)C3)c3c(F)c[nH]c3n2)cn1. The Balaban J connectivity index is 1.66. The number of H-pyrrole nitrogens is 1. The number of rotatable bonds is 5. The summed E-state index contributed by atoms with van der Waals surface area (Å²) in [6.45, 7) is 5.75. The molecule has 0 saturated carbocycles. The van der Waals surface area contributed by atoms with Gasteiger partial charge in [-0.2, -0.15) is 15.1 Å². The van der Waals surface area contributed by atoms with Crippen LogP contribution in [0.25, 0.3) is 11.0 Å². The molecule has 9 heteroatoms. The number of aromatic amines is 1. The summed E-state index contributed by atoms with van der Waals surface area (Å²) in [5.41, 5.74) is 1.25. The van der Waals surface area contributed by atoms with Crippen LogP contribution in [0, 0.1) is 5.82 Å². The summed E-state index contributed by atoms with van der Waals surface area (Å²) >= 11 is 0. The molecule has 0 aromatic carbocycles. The van der Waals surface area contributed by atoms with Gasteiger partial charge in [0.2, 0.25) is 5.95 Å². The molecule has 0 unspecified atom stereocenters. The van der Waals surface area contributed by atoms with E-state index in [1.807, 2.05) is 13.1 Å². The number of fused-ring (bicyclic) bond motifs is 1. The summed E-state index contributed by atoms with van der Waals surface area (Å²) in [6, 6.07) is 0.640. The molecule has 3 aromatic rings. The summed E-state index contributed by atoms with van der Waals surface area (Å²) in [4.78, 5) is 11.7. The van der Waals surface area contributed by atoms with Gasteiger partial charge in [0, 0.05) is 37.6 Å². The maximum Gasteiger partial charge on any atom is 0.231 e. The molecule has 132 valence electrons. The lowest BCUT2D eigenvalue weighted by Crippen LogP contribution is -2.23. The van der Waals surface area contributed by atoms with Gasteiger partial charge in [-0.15, -0.1) is 0 Å². The van der Waals surface area contributed by atoms with Crippen LogP contribution in [0.3, 0.4) is 0 Å². The van der Waals surface area contributed by atoms with Crippen LogP contribution in [0.5, 0.6) is 0 Å². The van der Waals surface area contributed by atoms with Crippen molar-refractivity contribution in [2.45, 2.75) is 38.9 Å². The highest BCUT2D eigenvalue weighted by Crippen LogP contribution is 2.27. The predicted molar refractivity (Wildman–Crippen MR) is 94.5 cm³/mol. The minimum atomic E-state index is -0.359. The molecule has 4 N–H and O–H groups in total. The summed E-state index contributed by atoms with van der Waals surface area (Å²) in [5, 5.41) is 14.5. The third kappa shape index (κ3) is 3.14. The lowest BCUT2D eigenvalue weighted by molar-refractivity contribution is 0.639. The van der Waals surface area contributed by atoms with Crippen molar-refractivity contribution in [3.63, 3.8) is 0 Å². The van der Waals surface area contributed by atoms with Crippen molar-refractivity contribution in [3.8, 4) is 0 Å². The number of nitrogens with zero attached hydrogens (tertiary/aromatic N) is 4. The molecule has 1 saturated heterocycles. The van der Waals surface area contributed by atoms with Crippen LogP contribution >= 0.6 is 0 Å². The zero-order valence-corrected chi connectivity index (χ0v) is 14.2. The number of anilines is 3. The van der Waals surface area contributed by atoms with E-state index in [9.17, 15) is 4.39 Å². The molecule has 4 rings (SSSR count). The van der Waals surface area contributed by atoms with Crippen molar-refractivity contribution >= 4 is 28.5 Å².